The van der Waals surface area contributed by atoms with Crippen molar-refractivity contribution in [1.82, 2.24) is 5.32 Å². The number of hydrogen-bond donors (Lipinski definition) is 1. The van der Waals surface area contributed by atoms with Gasteiger partial charge < -0.3 is 10.1 Å². The molecule has 1 aromatic rings. The highest BCUT2D eigenvalue weighted by Crippen LogP contribution is 2.37. The maximum Gasteiger partial charge on any atom is 0.124 e. The Balaban J connectivity index is 1.97. The molecule has 1 N–H and O–H groups in total. The molecule has 0 saturated carbocycles. The van der Waals surface area contributed by atoms with Crippen LogP contribution in [0.25, 0.3) is 0 Å². The largest absolute Gasteiger partial charge is 0.492 e. The first-order valence-corrected chi connectivity index (χ1v) is 7.92. The van der Waals surface area contributed by atoms with Crippen LogP contribution in [0.4, 0.5) is 0 Å². The third kappa shape index (κ3) is 3.21. The van der Waals surface area contributed by atoms with Crippen molar-refractivity contribution in [1.29, 1.82) is 0 Å². The summed E-state index contributed by atoms with van der Waals surface area (Å²) < 4.78 is 5.86. The van der Waals surface area contributed by atoms with E-state index in [0.717, 1.165) is 12.4 Å². The Kier molecular flexibility index (Phi) is 5.39. The number of thioether (sulfide) groups is 1. The van der Waals surface area contributed by atoms with E-state index in [0.29, 0.717) is 11.3 Å². The minimum atomic E-state index is 0.418. The molecule has 0 aromatic heterocycles. The van der Waals surface area contributed by atoms with Gasteiger partial charge in [0.05, 0.1) is 11.3 Å². The van der Waals surface area contributed by atoms with E-state index < -0.39 is 0 Å². The highest BCUT2D eigenvalue weighted by atomic mass is 32.2. The van der Waals surface area contributed by atoms with Crippen LogP contribution in [0.3, 0.4) is 0 Å². The second-order valence-electron chi connectivity index (χ2n) is 4.73. The minimum absolute atomic E-state index is 0.418. The van der Waals surface area contributed by atoms with Crippen molar-refractivity contribution in [2.24, 2.45) is 0 Å². The first kappa shape index (κ1) is 13.8. The lowest BCUT2D eigenvalue weighted by molar-refractivity contribution is 0.265. The summed E-state index contributed by atoms with van der Waals surface area (Å²) in [6.45, 7) is 3.07. The number of fused-ring (bicyclic) bond motifs is 1. The van der Waals surface area contributed by atoms with E-state index in [-0.39, 0.29) is 0 Å². The maximum absolute atomic E-state index is 5.86. The summed E-state index contributed by atoms with van der Waals surface area (Å²) in [4.78, 5) is 0. The fourth-order valence-corrected chi connectivity index (χ4v) is 3.72. The zero-order valence-corrected chi connectivity index (χ0v) is 12.1. The molecule has 0 saturated heterocycles. The summed E-state index contributed by atoms with van der Waals surface area (Å²) in [5.74, 6) is 2.28. The average molecular weight is 265 g/mol. The van der Waals surface area contributed by atoms with Crippen LogP contribution in [0.1, 0.15) is 37.8 Å². The Morgan fingerprint density at radius 3 is 2.94 bits per heavy atom. The molecule has 1 aromatic carbocycles. The second-order valence-corrected chi connectivity index (χ2v) is 6.08. The number of benzene rings is 1. The van der Waals surface area contributed by atoms with Crippen molar-refractivity contribution in [3.05, 3.63) is 29.8 Å². The average Bonchev–Trinajstić information content (AvgIpc) is 2.43. The van der Waals surface area contributed by atoms with E-state index in [2.05, 4.69) is 30.4 Å². The molecule has 2 rings (SSSR count). The molecule has 0 bridgehead atoms. The molecule has 0 amide bonds. The number of rotatable bonds is 6. The lowest BCUT2D eigenvalue weighted by Crippen LogP contribution is -2.36. The van der Waals surface area contributed by atoms with E-state index in [4.69, 9.17) is 4.74 Å². The Bertz CT molecular complexity index is 369. The van der Waals surface area contributed by atoms with Crippen molar-refractivity contribution >= 4 is 11.8 Å². The summed E-state index contributed by atoms with van der Waals surface area (Å²) in [6, 6.07) is 8.80. The van der Waals surface area contributed by atoms with Gasteiger partial charge in [-0.05, 0) is 25.3 Å². The number of para-hydroxylation sites is 1. The predicted molar refractivity (Wildman–Crippen MR) is 79.5 cm³/mol. The summed E-state index contributed by atoms with van der Waals surface area (Å²) in [5.41, 5.74) is 1.30. The highest BCUT2D eigenvalue weighted by molar-refractivity contribution is 7.99. The standard InChI is InChI=1S/C15H23NOS/c1-3-4-7-10-18-14-11-17-13-9-6-5-8-12(13)15(14)16-2/h5-6,8-9,14-16H,3-4,7,10-11H2,1-2H3. The molecule has 2 nitrogen and oxygen atoms in total. The molecule has 0 radical (unpaired) electrons. The van der Waals surface area contributed by atoms with Gasteiger partial charge >= 0.3 is 0 Å². The number of nitrogens with one attached hydrogen (secondary N) is 1. The van der Waals surface area contributed by atoms with Gasteiger partial charge in [0.25, 0.3) is 0 Å². The van der Waals surface area contributed by atoms with Gasteiger partial charge in [0.1, 0.15) is 12.4 Å². The molecule has 1 heterocycles. The van der Waals surface area contributed by atoms with Gasteiger partial charge in [-0.15, -0.1) is 0 Å². The Hall–Kier alpha value is -0.670. The molecule has 1 aliphatic heterocycles. The van der Waals surface area contributed by atoms with Crippen molar-refractivity contribution in [2.75, 3.05) is 19.4 Å². The molecule has 100 valence electrons. The highest BCUT2D eigenvalue weighted by Gasteiger charge is 2.29. The van der Waals surface area contributed by atoms with Gasteiger partial charge in [-0.1, -0.05) is 38.0 Å². The fourth-order valence-electron chi connectivity index (χ4n) is 2.41. The van der Waals surface area contributed by atoms with Crippen LogP contribution in [-0.2, 0) is 0 Å². The quantitative estimate of drug-likeness (QED) is 0.794. The molecule has 3 heteroatoms. The van der Waals surface area contributed by atoms with Gasteiger partial charge in [-0.25, -0.2) is 0 Å². The molecule has 0 aliphatic carbocycles. The smallest absolute Gasteiger partial charge is 0.124 e. The first-order valence-electron chi connectivity index (χ1n) is 6.87. The number of unbranched alkanes of at least 4 members (excludes halogenated alkanes) is 2. The van der Waals surface area contributed by atoms with Gasteiger partial charge in [-0.3, -0.25) is 0 Å². The van der Waals surface area contributed by atoms with Crippen LogP contribution in [0, 0.1) is 0 Å². The topological polar surface area (TPSA) is 21.3 Å². The SMILES string of the molecule is CCCCCSC1COc2ccccc2C1NC. The number of ether oxygens (including phenoxy) is 1. The summed E-state index contributed by atoms with van der Waals surface area (Å²) in [7, 11) is 2.05. The Morgan fingerprint density at radius 2 is 2.17 bits per heavy atom. The summed E-state index contributed by atoms with van der Waals surface area (Å²) >= 11 is 2.05. The van der Waals surface area contributed by atoms with Crippen LogP contribution in [0.2, 0.25) is 0 Å². The van der Waals surface area contributed by atoms with Gasteiger partial charge in [-0.2, -0.15) is 11.8 Å². The van der Waals surface area contributed by atoms with Crippen molar-refractivity contribution in [3.8, 4) is 5.75 Å². The van der Waals surface area contributed by atoms with E-state index in [1.165, 1.54) is 30.6 Å². The molecule has 0 spiro atoms. The lowest BCUT2D eigenvalue weighted by atomic mass is 10.0. The molecule has 2 unspecified atom stereocenters. The van der Waals surface area contributed by atoms with Gasteiger partial charge in [0, 0.05) is 5.56 Å². The van der Waals surface area contributed by atoms with Crippen LogP contribution >= 0.6 is 11.8 Å². The second kappa shape index (κ2) is 7.05. The van der Waals surface area contributed by atoms with E-state index in [1.807, 2.05) is 24.9 Å². The van der Waals surface area contributed by atoms with Crippen LogP contribution in [-0.4, -0.2) is 24.7 Å². The zero-order chi connectivity index (χ0) is 12.8. The predicted octanol–water partition coefficient (Wildman–Crippen LogP) is 3.63. The zero-order valence-electron chi connectivity index (χ0n) is 11.3. The molecule has 2 atom stereocenters. The summed E-state index contributed by atoms with van der Waals surface area (Å²) in [5, 5.41) is 3.98. The Morgan fingerprint density at radius 1 is 1.33 bits per heavy atom. The monoisotopic (exact) mass is 265 g/mol. The molecular formula is C15H23NOS. The number of hydrogen-bond acceptors (Lipinski definition) is 3. The molecule has 1 aliphatic rings. The van der Waals surface area contributed by atoms with Crippen LogP contribution in [0.15, 0.2) is 24.3 Å². The van der Waals surface area contributed by atoms with Gasteiger partial charge in [0.15, 0.2) is 0 Å². The Labute approximate surface area is 114 Å². The van der Waals surface area contributed by atoms with Gasteiger partial charge in [0.2, 0.25) is 0 Å². The first-order chi connectivity index (χ1) is 8.86. The lowest BCUT2D eigenvalue weighted by Gasteiger charge is -2.33. The van der Waals surface area contributed by atoms with Crippen molar-refractivity contribution in [3.63, 3.8) is 0 Å². The maximum atomic E-state index is 5.86. The van der Waals surface area contributed by atoms with Crippen molar-refractivity contribution in [2.45, 2.75) is 37.5 Å². The van der Waals surface area contributed by atoms with Crippen LogP contribution in [0.5, 0.6) is 5.75 Å². The van der Waals surface area contributed by atoms with Crippen LogP contribution < -0.4 is 10.1 Å². The summed E-state index contributed by atoms with van der Waals surface area (Å²) in [6.07, 6.45) is 3.94. The normalized spacial score (nSPS) is 22.3. The fraction of sp³-hybridized carbons (Fsp3) is 0.600. The minimum Gasteiger partial charge on any atom is -0.492 e. The van der Waals surface area contributed by atoms with E-state index >= 15 is 0 Å². The third-order valence-corrected chi connectivity index (χ3v) is 4.78. The molecular weight excluding hydrogens is 242 g/mol. The molecule has 18 heavy (non-hydrogen) atoms. The van der Waals surface area contributed by atoms with E-state index in [1.54, 1.807) is 0 Å². The third-order valence-electron chi connectivity index (χ3n) is 3.42. The van der Waals surface area contributed by atoms with E-state index in [9.17, 15) is 0 Å². The van der Waals surface area contributed by atoms with Crippen molar-refractivity contribution < 1.29 is 4.74 Å². The molecule has 0 fully saturated rings.